The minimum atomic E-state index is -0.594. The van der Waals surface area contributed by atoms with E-state index in [9.17, 15) is 4.39 Å². The van der Waals surface area contributed by atoms with E-state index in [2.05, 4.69) is 15.0 Å². The van der Waals surface area contributed by atoms with Crippen LogP contribution in [0.1, 0.15) is 23.2 Å². The van der Waals surface area contributed by atoms with Crippen molar-refractivity contribution in [2.45, 2.75) is 19.3 Å². The van der Waals surface area contributed by atoms with Crippen LogP contribution in [-0.2, 0) is 12.8 Å². The van der Waals surface area contributed by atoms with Crippen LogP contribution in [0.3, 0.4) is 0 Å². The number of aromatic nitrogens is 3. The number of hydrogen-bond donors (Lipinski definition) is 0. The lowest BCUT2D eigenvalue weighted by atomic mass is 10.2. The summed E-state index contributed by atoms with van der Waals surface area (Å²) in [7, 11) is 0. The van der Waals surface area contributed by atoms with E-state index in [4.69, 9.17) is 10.00 Å². The molecule has 3 aromatic rings. The molecule has 0 fully saturated rings. The molecule has 0 radical (unpaired) electrons. The van der Waals surface area contributed by atoms with E-state index in [0.29, 0.717) is 17.4 Å². The molecule has 0 aliphatic heterocycles. The van der Waals surface area contributed by atoms with Crippen LogP contribution in [0, 0.1) is 17.1 Å². The standard InChI is InChI=1S/C19H13FN4O/c20-14-10-12(11-21)7-8-17(14)25-19-13-4-3-6-15(13)23-18(24-19)16-5-1-2-9-22-16/h1-2,5,7-10H,3-4,6H2. The van der Waals surface area contributed by atoms with Crippen LogP contribution in [0.15, 0.2) is 42.6 Å². The van der Waals surface area contributed by atoms with Crippen molar-refractivity contribution in [1.29, 1.82) is 5.26 Å². The average molecular weight is 332 g/mol. The van der Waals surface area contributed by atoms with E-state index in [1.807, 2.05) is 24.3 Å². The molecule has 0 amide bonds. The lowest BCUT2D eigenvalue weighted by Gasteiger charge is -2.11. The van der Waals surface area contributed by atoms with Gasteiger partial charge in [0.2, 0.25) is 5.88 Å². The van der Waals surface area contributed by atoms with Crippen molar-refractivity contribution in [3.63, 3.8) is 0 Å². The van der Waals surface area contributed by atoms with Crippen molar-refractivity contribution in [3.05, 3.63) is 65.2 Å². The fourth-order valence-electron chi connectivity index (χ4n) is 2.85. The number of rotatable bonds is 3. The summed E-state index contributed by atoms with van der Waals surface area (Å²) in [6, 6.07) is 11.5. The van der Waals surface area contributed by atoms with Gasteiger partial charge in [0.15, 0.2) is 17.4 Å². The second-order valence-electron chi connectivity index (χ2n) is 5.71. The molecule has 6 heteroatoms. The molecule has 122 valence electrons. The van der Waals surface area contributed by atoms with Gasteiger partial charge in [-0.1, -0.05) is 6.07 Å². The fourth-order valence-corrected chi connectivity index (χ4v) is 2.85. The van der Waals surface area contributed by atoms with Crippen molar-refractivity contribution in [2.24, 2.45) is 0 Å². The van der Waals surface area contributed by atoms with E-state index in [-0.39, 0.29) is 11.3 Å². The number of ether oxygens (including phenoxy) is 1. The first-order chi connectivity index (χ1) is 12.2. The third-order valence-corrected chi connectivity index (χ3v) is 4.06. The minimum Gasteiger partial charge on any atom is -0.436 e. The van der Waals surface area contributed by atoms with E-state index in [1.165, 1.54) is 12.1 Å². The van der Waals surface area contributed by atoms with Gasteiger partial charge < -0.3 is 4.74 Å². The molecule has 2 aromatic heterocycles. The van der Waals surface area contributed by atoms with Crippen LogP contribution in [-0.4, -0.2) is 15.0 Å². The number of nitrogens with zero attached hydrogens (tertiary/aromatic N) is 4. The summed E-state index contributed by atoms with van der Waals surface area (Å²) in [5, 5.41) is 8.85. The van der Waals surface area contributed by atoms with Gasteiger partial charge >= 0.3 is 0 Å². The second-order valence-corrected chi connectivity index (χ2v) is 5.71. The number of hydrogen-bond acceptors (Lipinski definition) is 5. The largest absolute Gasteiger partial charge is 0.436 e. The molecule has 0 saturated heterocycles. The molecule has 0 N–H and O–H groups in total. The summed E-state index contributed by atoms with van der Waals surface area (Å²) >= 11 is 0. The van der Waals surface area contributed by atoms with Crippen LogP contribution in [0.2, 0.25) is 0 Å². The van der Waals surface area contributed by atoms with Gasteiger partial charge in [0.05, 0.1) is 17.3 Å². The summed E-state index contributed by atoms with van der Waals surface area (Å²) < 4.78 is 19.9. The second kappa shape index (κ2) is 6.29. The predicted octanol–water partition coefficient (Wildman–Crippen LogP) is 3.83. The molecule has 1 aliphatic carbocycles. The maximum atomic E-state index is 14.2. The highest BCUT2D eigenvalue weighted by Crippen LogP contribution is 2.33. The van der Waals surface area contributed by atoms with E-state index >= 15 is 0 Å². The lowest BCUT2D eigenvalue weighted by Crippen LogP contribution is -2.02. The summed E-state index contributed by atoms with van der Waals surface area (Å²) in [5.41, 5.74) is 2.71. The minimum absolute atomic E-state index is 0.0405. The Morgan fingerprint density at radius 2 is 2.04 bits per heavy atom. The Kier molecular flexibility index (Phi) is 3.82. The Hall–Kier alpha value is -3.33. The van der Waals surface area contributed by atoms with Gasteiger partial charge in [0.25, 0.3) is 0 Å². The lowest BCUT2D eigenvalue weighted by molar-refractivity contribution is 0.422. The molecule has 0 saturated carbocycles. The smallest absolute Gasteiger partial charge is 0.226 e. The number of pyridine rings is 1. The van der Waals surface area contributed by atoms with Crippen molar-refractivity contribution < 1.29 is 9.13 Å². The van der Waals surface area contributed by atoms with Crippen LogP contribution in [0.25, 0.3) is 11.5 Å². The molecule has 0 atom stereocenters. The molecule has 25 heavy (non-hydrogen) atoms. The van der Waals surface area contributed by atoms with Gasteiger partial charge in [0, 0.05) is 11.8 Å². The summed E-state index contributed by atoms with van der Waals surface area (Å²) in [6.45, 7) is 0. The monoisotopic (exact) mass is 332 g/mol. The van der Waals surface area contributed by atoms with Gasteiger partial charge in [-0.25, -0.2) is 9.37 Å². The Labute approximate surface area is 143 Å². The number of aryl methyl sites for hydroxylation is 1. The molecule has 1 aromatic carbocycles. The van der Waals surface area contributed by atoms with Crippen molar-refractivity contribution in [1.82, 2.24) is 15.0 Å². The normalized spacial score (nSPS) is 12.5. The van der Waals surface area contributed by atoms with Gasteiger partial charge in [-0.15, -0.1) is 0 Å². The molecule has 0 bridgehead atoms. The molecule has 4 rings (SSSR count). The van der Waals surface area contributed by atoms with Gasteiger partial charge in [-0.05, 0) is 49.6 Å². The highest BCUT2D eigenvalue weighted by atomic mass is 19.1. The highest BCUT2D eigenvalue weighted by molar-refractivity contribution is 5.52. The Balaban J connectivity index is 1.77. The Morgan fingerprint density at radius 1 is 1.12 bits per heavy atom. The zero-order chi connectivity index (χ0) is 17.2. The number of fused-ring (bicyclic) bond motifs is 1. The first kappa shape index (κ1) is 15.2. The Morgan fingerprint density at radius 3 is 2.80 bits per heavy atom. The van der Waals surface area contributed by atoms with E-state index in [0.717, 1.165) is 36.6 Å². The van der Waals surface area contributed by atoms with Gasteiger partial charge in [0.1, 0.15) is 5.69 Å². The third-order valence-electron chi connectivity index (χ3n) is 4.06. The highest BCUT2D eigenvalue weighted by Gasteiger charge is 2.22. The average Bonchev–Trinajstić information content (AvgIpc) is 3.13. The zero-order valence-electron chi connectivity index (χ0n) is 13.2. The third kappa shape index (κ3) is 2.92. The summed E-state index contributed by atoms with van der Waals surface area (Å²) in [5.74, 6) is 0.264. The molecular weight excluding hydrogens is 319 g/mol. The van der Waals surface area contributed by atoms with Gasteiger partial charge in [-0.2, -0.15) is 10.2 Å². The SMILES string of the molecule is N#Cc1ccc(Oc2nc(-c3ccccn3)nc3c2CCC3)c(F)c1. The van der Waals surface area contributed by atoms with E-state index in [1.54, 1.807) is 6.20 Å². The topological polar surface area (TPSA) is 71.7 Å². The van der Waals surface area contributed by atoms with Crippen LogP contribution in [0.5, 0.6) is 11.6 Å². The zero-order valence-corrected chi connectivity index (χ0v) is 13.2. The summed E-state index contributed by atoms with van der Waals surface area (Å²) in [6.07, 6.45) is 4.27. The molecule has 1 aliphatic rings. The van der Waals surface area contributed by atoms with Crippen LogP contribution >= 0.6 is 0 Å². The molecular formula is C19H13FN4O. The first-order valence-electron chi connectivity index (χ1n) is 7.93. The Bertz CT molecular complexity index is 983. The van der Waals surface area contributed by atoms with Crippen LogP contribution < -0.4 is 4.74 Å². The first-order valence-corrected chi connectivity index (χ1v) is 7.93. The molecule has 2 heterocycles. The maximum Gasteiger partial charge on any atom is 0.226 e. The summed E-state index contributed by atoms with van der Waals surface area (Å²) in [4.78, 5) is 13.3. The quantitative estimate of drug-likeness (QED) is 0.729. The van der Waals surface area contributed by atoms with Crippen LogP contribution in [0.4, 0.5) is 4.39 Å². The maximum absolute atomic E-state index is 14.2. The number of benzene rings is 1. The molecule has 5 nitrogen and oxygen atoms in total. The van der Waals surface area contributed by atoms with Gasteiger partial charge in [-0.3, -0.25) is 4.98 Å². The predicted molar refractivity (Wildman–Crippen MR) is 88.5 cm³/mol. The number of halogens is 1. The fraction of sp³-hybridized carbons (Fsp3) is 0.158. The number of nitriles is 1. The van der Waals surface area contributed by atoms with Crippen molar-refractivity contribution in [2.75, 3.05) is 0 Å². The molecule has 0 unspecified atom stereocenters. The van der Waals surface area contributed by atoms with Crippen molar-refractivity contribution in [3.8, 4) is 29.2 Å². The molecule has 0 spiro atoms. The van der Waals surface area contributed by atoms with E-state index < -0.39 is 5.82 Å². The van der Waals surface area contributed by atoms with Crippen molar-refractivity contribution >= 4 is 0 Å².